The summed E-state index contributed by atoms with van der Waals surface area (Å²) >= 11 is 0. The predicted octanol–water partition coefficient (Wildman–Crippen LogP) is 3.54. The molecule has 2 aromatic rings. The lowest BCUT2D eigenvalue weighted by Gasteiger charge is -2.16. The Kier molecular flexibility index (Phi) is 4.38. The van der Waals surface area contributed by atoms with Crippen molar-refractivity contribution in [3.8, 4) is 11.3 Å². The Morgan fingerprint density at radius 2 is 2.05 bits per heavy atom. The van der Waals surface area contributed by atoms with Gasteiger partial charge in [0.25, 0.3) is 0 Å². The molecular formula is C16H23N3. The van der Waals surface area contributed by atoms with Crippen molar-refractivity contribution in [2.45, 2.75) is 33.7 Å². The van der Waals surface area contributed by atoms with Gasteiger partial charge in [-0.3, -0.25) is 5.10 Å². The zero-order chi connectivity index (χ0) is 13.8. The van der Waals surface area contributed by atoms with E-state index in [-0.39, 0.29) is 0 Å². The molecule has 0 saturated heterocycles. The molecule has 0 spiro atoms. The molecule has 1 aromatic heterocycles. The lowest BCUT2D eigenvalue weighted by molar-refractivity contribution is 0.328. The van der Waals surface area contributed by atoms with E-state index in [2.05, 4.69) is 61.1 Å². The molecule has 0 amide bonds. The van der Waals surface area contributed by atoms with Crippen LogP contribution in [0.1, 0.15) is 30.0 Å². The van der Waals surface area contributed by atoms with Crippen molar-refractivity contribution in [1.82, 2.24) is 15.1 Å². The number of nitrogens with zero attached hydrogens (tertiary/aromatic N) is 2. The Bertz CT molecular complexity index is 543. The van der Waals surface area contributed by atoms with Crippen LogP contribution in [0.5, 0.6) is 0 Å². The molecule has 1 N–H and O–H groups in total. The number of hydrogen-bond donors (Lipinski definition) is 1. The molecule has 0 aliphatic carbocycles. The molecule has 0 bridgehead atoms. The van der Waals surface area contributed by atoms with Crippen molar-refractivity contribution in [3.63, 3.8) is 0 Å². The molecule has 0 aliphatic heterocycles. The molecule has 19 heavy (non-hydrogen) atoms. The maximum Gasteiger partial charge on any atom is 0.0697 e. The molecule has 102 valence electrons. The largest absolute Gasteiger partial charge is 0.302 e. The summed E-state index contributed by atoms with van der Waals surface area (Å²) < 4.78 is 0. The number of hydrogen-bond acceptors (Lipinski definition) is 2. The average Bonchev–Trinajstić information content (AvgIpc) is 2.77. The highest BCUT2D eigenvalue weighted by Gasteiger charge is 2.11. The molecular weight excluding hydrogens is 234 g/mol. The summed E-state index contributed by atoms with van der Waals surface area (Å²) in [6.07, 6.45) is 3.12. The molecule has 0 aliphatic rings. The zero-order valence-electron chi connectivity index (χ0n) is 12.3. The molecule has 3 nitrogen and oxygen atoms in total. The number of nitrogens with one attached hydrogen (secondary N) is 1. The Hall–Kier alpha value is -1.61. The summed E-state index contributed by atoms with van der Waals surface area (Å²) in [7, 11) is 2.16. The Morgan fingerprint density at radius 1 is 1.26 bits per heavy atom. The second-order valence-electron chi connectivity index (χ2n) is 5.33. The number of aromatic nitrogens is 2. The van der Waals surface area contributed by atoms with Crippen molar-refractivity contribution in [2.24, 2.45) is 0 Å². The summed E-state index contributed by atoms with van der Waals surface area (Å²) in [4.78, 5) is 2.33. The summed E-state index contributed by atoms with van der Waals surface area (Å²) in [6, 6.07) is 6.56. The first-order valence-corrected chi connectivity index (χ1v) is 6.90. The van der Waals surface area contributed by atoms with Gasteiger partial charge in [0.2, 0.25) is 0 Å². The van der Waals surface area contributed by atoms with Crippen LogP contribution in [0.25, 0.3) is 11.3 Å². The number of aromatic amines is 1. The van der Waals surface area contributed by atoms with Crippen molar-refractivity contribution in [2.75, 3.05) is 13.6 Å². The van der Waals surface area contributed by atoms with Gasteiger partial charge in [-0.25, -0.2) is 0 Å². The van der Waals surface area contributed by atoms with E-state index in [0.29, 0.717) is 0 Å². The van der Waals surface area contributed by atoms with Gasteiger partial charge in [0.15, 0.2) is 0 Å². The first-order valence-electron chi connectivity index (χ1n) is 6.90. The van der Waals surface area contributed by atoms with Gasteiger partial charge in [0, 0.05) is 17.7 Å². The van der Waals surface area contributed by atoms with E-state index in [1.54, 1.807) is 0 Å². The fourth-order valence-corrected chi connectivity index (χ4v) is 2.51. The third-order valence-electron chi connectivity index (χ3n) is 3.41. The summed E-state index contributed by atoms with van der Waals surface area (Å²) in [5.74, 6) is 0. The number of H-pyrrole nitrogens is 1. The number of aryl methyl sites for hydroxylation is 2. The SMILES string of the molecule is CCCN(C)Cc1cn[nH]c1-c1ccc(C)cc1C. The summed E-state index contributed by atoms with van der Waals surface area (Å²) in [5, 5.41) is 7.38. The fraction of sp³-hybridized carbons (Fsp3) is 0.438. The van der Waals surface area contributed by atoms with E-state index in [0.717, 1.165) is 18.8 Å². The van der Waals surface area contributed by atoms with Crippen LogP contribution in [0.15, 0.2) is 24.4 Å². The smallest absolute Gasteiger partial charge is 0.0697 e. The molecule has 0 radical (unpaired) electrons. The van der Waals surface area contributed by atoms with Gasteiger partial charge in [-0.05, 0) is 39.4 Å². The normalized spacial score (nSPS) is 11.2. The highest BCUT2D eigenvalue weighted by atomic mass is 15.1. The number of rotatable bonds is 5. The molecule has 0 saturated carbocycles. The van der Waals surface area contributed by atoms with Gasteiger partial charge in [0.05, 0.1) is 11.9 Å². The fourth-order valence-electron chi connectivity index (χ4n) is 2.51. The van der Waals surface area contributed by atoms with E-state index >= 15 is 0 Å². The van der Waals surface area contributed by atoms with Gasteiger partial charge in [-0.15, -0.1) is 0 Å². The lowest BCUT2D eigenvalue weighted by atomic mass is 10.0. The van der Waals surface area contributed by atoms with Gasteiger partial charge in [-0.1, -0.05) is 30.7 Å². The van der Waals surface area contributed by atoms with Crippen LogP contribution >= 0.6 is 0 Å². The minimum absolute atomic E-state index is 0.937. The Morgan fingerprint density at radius 3 is 2.74 bits per heavy atom. The van der Waals surface area contributed by atoms with Crippen LogP contribution in [0.4, 0.5) is 0 Å². The minimum Gasteiger partial charge on any atom is -0.302 e. The van der Waals surface area contributed by atoms with E-state index in [4.69, 9.17) is 0 Å². The Labute approximate surface area is 115 Å². The first-order chi connectivity index (χ1) is 9.11. The molecule has 1 aromatic carbocycles. The van der Waals surface area contributed by atoms with Crippen LogP contribution in [-0.2, 0) is 6.54 Å². The van der Waals surface area contributed by atoms with Crippen LogP contribution < -0.4 is 0 Å². The van der Waals surface area contributed by atoms with Gasteiger partial charge in [0.1, 0.15) is 0 Å². The second-order valence-corrected chi connectivity index (χ2v) is 5.33. The van der Waals surface area contributed by atoms with Crippen LogP contribution in [-0.4, -0.2) is 28.7 Å². The standard InChI is InChI=1S/C16H23N3/c1-5-8-19(4)11-14-10-17-18-16(14)15-7-6-12(2)9-13(15)3/h6-7,9-10H,5,8,11H2,1-4H3,(H,17,18). The first kappa shape index (κ1) is 13.8. The number of benzene rings is 1. The predicted molar refractivity (Wildman–Crippen MR) is 80.1 cm³/mol. The van der Waals surface area contributed by atoms with Crippen LogP contribution in [0.3, 0.4) is 0 Å². The maximum atomic E-state index is 4.22. The van der Waals surface area contributed by atoms with Crippen LogP contribution in [0, 0.1) is 13.8 Å². The molecule has 2 rings (SSSR count). The van der Waals surface area contributed by atoms with E-state index < -0.39 is 0 Å². The van der Waals surface area contributed by atoms with E-state index in [1.165, 1.54) is 28.7 Å². The molecule has 1 heterocycles. The highest BCUT2D eigenvalue weighted by molar-refractivity contribution is 5.66. The Balaban J connectivity index is 2.28. The highest BCUT2D eigenvalue weighted by Crippen LogP contribution is 2.26. The van der Waals surface area contributed by atoms with Crippen molar-refractivity contribution >= 4 is 0 Å². The molecule has 0 atom stereocenters. The third-order valence-corrected chi connectivity index (χ3v) is 3.41. The summed E-state index contributed by atoms with van der Waals surface area (Å²) in [6.45, 7) is 8.53. The minimum atomic E-state index is 0.937. The average molecular weight is 257 g/mol. The zero-order valence-corrected chi connectivity index (χ0v) is 12.3. The molecule has 0 fully saturated rings. The molecule has 3 heteroatoms. The molecule has 0 unspecified atom stereocenters. The topological polar surface area (TPSA) is 31.9 Å². The van der Waals surface area contributed by atoms with Gasteiger partial charge in [-0.2, -0.15) is 5.10 Å². The summed E-state index contributed by atoms with van der Waals surface area (Å²) in [5.41, 5.74) is 6.26. The lowest BCUT2D eigenvalue weighted by Crippen LogP contribution is -2.18. The van der Waals surface area contributed by atoms with E-state index in [9.17, 15) is 0 Å². The quantitative estimate of drug-likeness (QED) is 0.888. The van der Waals surface area contributed by atoms with E-state index in [1.807, 2.05) is 6.20 Å². The van der Waals surface area contributed by atoms with Gasteiger partial charge < -0.3 is 4.90 Å². The van der Waals surface area contributed by atoms with Crippen molar-refractivity contribution in [3.05, 3.63) is 41.1 Å². The monoisotopic (exact) mass is 257 g/mol. The van der Waals surface area contributed by atoms with Crippen molar-refractivity contribution in [1.29, 1.82) is 0 Å². The van der Waals surface area contributed by atoms with Gasteiger partial charge >= 0.3 is 0 Å². The third kappa shape index (κ3) is 3.24. The van der Waals surface area contributed by atoms with Crippen molar-refractivity contribution < 1.29 is 0 Å². The second kappa shape index (κ2) is 6.02. The van der Waals surface area contributed by atoms with Crippen LogP contribution in [0.2, 0.25) is 0 Å². The maximum absolute atomic E-state index is 4.22.